The monoisotopic (exact) mass is 1060 g/mol. The molecule has 5 aromatic rings. The van der Waals surface area contributed by atoms with Crippen molar-refractivity contribution < 1.29 is 38.2 Å². The highest BCUT2D eigenvalue weighted by molar-refractivity contribution is 6.37. The summed E-state index contributed by atoms with van der Waals surface area (Å²) in [6, 6.07) is 20.1. The van der Waals surface area contributed by atoms with Gasteiger partial charge in [-0.15, -0.1) is 34.8 Å². The summed E-state index contributed by atoms with van der Waals surface area (Å²) in [7, 11) is 0. The van der Waals surface area contributed by atoms with Gasteiger partial charge in [0.1, 0.15) is 22.9 Å². The number of hydrogen-bond donors (Lipinski definition) is 4. The minimum atomic E-state index is -1.65. The van der Waals surface area contributed by atoms with Gasteiger partial charge in [0, 0.05) is 46.0 Å². The number of rotatable bonds is 21. The summed E-state index contributed by atoms with van der Waals surface area (Å²) in [5.41, 5.74) is 3.12. The van der Waals surface area contributed by atoms with Crippen LogP contribution >= 0.6 is 58.0 Å². The first-order chi connectivity index (χ1) is 33.7. The number of anilines is 4. The Hall–Kier alpha value is -6.43. The Balaban J connectivity index is 1.28. The van der Waals surface area contributed by atoms with Gasteiger partial charge in [-0.25, -0.2) is 0 Å². The molecule has 0 radical (unpaired) electrons. The van der Waals surface area contributed by atoms with Crippen LogP contribution in [0.1, 0.15) is 102 Å². The van der Waals surface area contributed by atoms with E-state index in [1.807, 2.05) is 13.8 Å². The van der Waals surface area contributed by atoms with E-state index in [-0.39, 0.29) is 54.7 Å². The molecule has 0 bridgehead atoms. The van der Waals surface area contributed by atoms with Crippen molar-refractivity contribution in [3.8, 4) is 11.5 Å². The predicted octanol–water partition coefficient (Wildman–Crippen LogP) is 13.6. The average Bonchev–Trinajstić information content (AvgIpc) is 3.30. The first-order valence-electron chi connectivity index (χ1n) is 22.0. The molecule has 5 atom stereocenters. The van der Waals surface area contributed by atoms with Crippen LogP contribution in [-0.4, -0.2) is 60.5 Å². The molecule has 16 nitrogen and oxygen atoms in total. The minimum Gasteiger partial charge on any atom is -0.493 e. The number of halogens is 5. The Morgan fingerprint density at radius 3 is 1.31 bits per heavy atom. The fourth-order valence-corrected chi connectivity index (χ4v) is 7.80. The van der Waals surface area contributed by atoms with E-state index in [1.165, 1.54) is 54.6 Å². The number of azo groups is 2. The quantitative estimate of drug-likeness (QED) is 0.0314. The number of ketones is 2. The molecule has 372 valence electrons. The molecule has 71 heavy (non-hydrogen) atoms. The normalized spacial score (nSPS) is 13.4. The van der Waals surface area contributed by atoms with Crippen molar-refractivity contribution >= 4 is 127 Å². The maximum absolute atomic E-state index is 13.6. The van der Waals surface area contributed by atoms with Gasteiger partial charge in [0.25, 0.3) is 23.6 Å². The number of carbonyl (C=O) groups is 6. The first kappa shape index (κ1) is 55.5. The van der Waals surface area contributed by atoms with E-state index >= 15 is 0 Å². The zero-order chi connectivity index (χ0) is 52.1. The van der Waals surface area contributed by atoms with Crippen molar-refractivity contribution in [3.63, 3.8) is 0 Å². The van der Waals surface area contributed by atoms with Crippen LogP contribution in [0.15, 0.2) is 111 Å². The van der Waals surface area contributed by atoms with Crippen LogP contribution in [0, 0.1) is 0 Å². The van der Waals surface area contributed by atoms with Crippen LogP contribution in [0.5, 0.6) is 11.5 Å². The van der Waals surface area contributed by atoms with Crippen molar-refractivity contribution in [2.45, 2.75) is 76.7 Å². The molecule has 5 unspecified atom stereocenters. The first-order valence-corrected chi connectivity index (χ1v) is 24.0. The SMILES string of the molecule is CCOc1cc(NC(=O)c2cccc(N=NC(C(C)=O)C(=O)Nc3ccc(NC(=O)C(N=Nc4cccc(C(=O)Nc5ccc(C(C)Cl)c(OCC)c5)c4Cl)C(C)=O)c(C(C)Cl)c3)c2Cl)ccc1C(C)Cl. The van der Waals surface area contributed by atoms with E-state index in [0.717, 1.165) is 25.0 Å². The molecular formula is C50H49Cl5N8O8. The highest BCUT2D eigenvalue weighted by Gasteiger charge is 2.27. The fourth-order valence-electron chi connectivity index (χ4n) is 6.76. The second-order valence-corrected chi connectivity index (χ2v) is 18.4. The summed E-state index contributed by atoms with van der Waals surface area (Å²) >= 11 is 32.3. The molecule has 0 saturated heterocycles. The van der Waals surface area contributed by atoms with Gasteiger partial charge in [0.15, 0.2) is 11.6 Å². The maximum atomic E-state index is 13.6. The molecule has 4 amide bonds. The minimum absolute atomic E-state index is 0.00913. The fraction of sp³-hybridized carbons (Fsp3) is 0.280. The maximum Gasteiger partial charge on any atom is 0.258 e. The smallest absolute Gasteiger partial charge is 0.258 e. The molecule has 0 spiro atoms. The molecule has 21 heteroatoms. The predicted molar refractivity (Wildman–Crippen MR) is 279 cm³/mol. The number of hydrogen-bond acceptors (Lipinski definition) is 12. The molecule has 0 fully saturated rings. The zero-order valence-electron chi connectivity index (χ0n) is 39.4. The van der Waals surface area contributed by atoms with Crippen LogP contribution < -0.4 is 30.7 Å². The van der Waals surface area contributed by atoms with E-state index < -0.39 is 52.7 Å². The number of Topliss-reactive ketones (excluding diaryl/α,β-unsaturated/α-hetero) is 2. The lowest BCUT2D eigenvalue weighted by Crippen LogP contribution is -2.32. The Labute approximate surface area is 435 Å². The second-order valence-electron chi connectivity index (χ2n) is 15.6. The molecule has 0 aromatic heterocycles. The summed E-state index contributed by atoms with van der Waals surface area (Å²) < 4.78 is 11.4. The Bertz CT molecular complexity index is 2890. The van der Waals surface area contributed by atoms with Crippen molar-refractivity contribution in [1.82, 2.24) is 0 Å². The lowest BCUT2D eigenvalue weighted by atomic mass is 10.1. The molecule has 0 aliphatic carbocycles. The van der Waals surface area contributed by atoms with Crippen LogP contribution in [0.2, 0.25) is 10.0 Å². The number of alkyl halides is 3. The Morgan fingerprint density at radius 1 is 0.521 bits per heavy atom. The average molecular weight is 1070 g/mol. The van der Waals surface area contributed by atoms with Gasteiger partial charge < -0.3 is 30.7 Å². The van der Waals surface area contributed by atoms with Crippen molar-refractivity contribution in [3.05, 3.63) is 129 Å². The highest BCUT2D eigenvalue weighted by Crippen LogP contribution is 2.36. The van der Waals surface area contributed by atoms with E-state index in [0.29, 0.717) is 41.7 Å². The van der Waals surface area contributed by atoms with Gasteiger partial charge in [-0.2, -0.15) is 20.5 Å². The van der Waals surface area contributed by atoms with Crippen molar-refractivity contribution in [1.29, 1.82) is 0 Å². The number of amides is 4. The van der Waals surface area contributed by atoms with Gasteiger partial charge in [0.2, 0.25) is 12.1 Å². The number of nitrogens with zero attached hydrogens (tertiary/aromatic N) is 4. The van der Waals surface area contributed by atoms with Gasteiger partial charge in [-0.05, 0) is 109 Å². The van der Waals surface area contributed by atoms with Crippen LogP contribution in [0.4, 0.5) is 34.1 Å². The third kappa shape index (κ3) is 14.6. The standard InChI is InChI=1S/C50H49Cl5N8O8/c1-8-70-41-23-31(16-19-33(41)25(3)51)56-47(66)35-12-10-14-39(43(35)54)60-62-45(28(6)64)49(68)58-30-18-21-38(37(22-30)27(5)53)59-50(69)46(29(7)65)63-61-40-15-11-13-36(44(40)55)48(67)57-32-17-20-34(26(4)52)42(24-32)71-9-2/h10-27,45-46H,8-9H2,1-7H3,(H,56,66)(H,57,67)(H,58,68)(H,59,69). The molecule has 5 aromatic carbocycles. The van der Waals surface area contributed by atoms with Crippen LogP contribution in [0.25, 0.3) is 0 Å². The summed E-state index contributed by atoms with van der Waals surface area (Å²) in [6.45, 7) is 11.9. The molecule has 4 N–H and O–H groups in total. The highest BCUT2D eigenvalue weighted by atomic mass is 35.5. The molecule has 0 aliphatic heterocycles. The van der Waals surface area contributed by atoms with Crippen molar-refractivity contribution in [2.75, 3.05) is 34.5 Å². The summed E-state index contributed by atoms with van der Waals surface area (Å²) in [6.07, 6.45) is 0. The molecule has 0 saturated carbocycles. The number of benzene rings is 5. The topological polar surface area (TPSA) is 218 Å². The number of nitrogens with one attached hydrogen (secondary N) is 4. The molecular weight excluding hydrogens is 1020 g/mol. The number of carbonyl (C=O) groups excluding carboxylic acids is 6. The third-order valence-electron chi connectivity index (χ3n) is 10.3. The van der Waals surface area contributed by atoms with Gasteiger partial charge in [-0.1, -0.05) is 47.5 Å². The zero-order valence-corrected chi connectivity index (χ0v) is 43.2. The summed E-state index contributed by atoms with van der Waals surface area (Å²) in [5, 5.41) is 25.3. The molecule has 0 heterocycles. The van der Waals surface area contributed by atoms with E-state index in [1.54, 1.807) is 57.2 Å². The third-order valence-corrected chi connectivity index (χ3v) is 11.8. The van der Waals surface area contributed by atoms with E-state index in [9.17, 15) is 28.8 Å². The summed E-state index contributed by atoms with van der Waals surface area (Å²) in [5.74, 6) is -3.17. The lowest BCUT2D eigenvalue weighted by Gasteiger charge is -2.17. The van der Waals surface area contributed by atoms with Gasteiger partial charge >= 0.3 is 0 Å². The molecule has 5 rings (SSSR count). The van der Waals surface area contributed by atoms with E-state index in [2.05, 4.69) is 41.7 Å². The van der Waals surface area contributed by atoms with Gasteiger partial charge in [-0.3, -0.25) is 28.8 Å². The molecule has 0 aliphatic rings. The second kappa shape index (κ2) is 25.6. The summed E-state index contributed by atoms with van der Waals surface area (Å²) in [4.78, 5) is 79.2. The van der Waals surface area contributed by atoms with Gasteiger partial charge in [0.05, 0.1) is 50.5 Å². The number of ether oxygens (including phenoxy) is 2. The lowest BCUT2D eigenvalue weighted by molar-refractivity contribution is -0.127. The Kier molecular flexibility index (Phi) is 20.0. The van der Waals surface area contributed by atoms with E-state index in [4.69, 9.17) is 67.5 Å². The Morgan fingerprint density at radius 2 is 0.915 bits per heavy atom. The largest absolute Gasteiger partial charge is 0.493 e. The van der Waals surface area contributed by atoms with Crippen LogP contribution in [-0.2, 0) is 19.2 Å². The van der Waals surface area contributed by atoms with Crippen LogP contribution in [0.3, 0.4) is 0 Å². The van der Waals surface area contributed by atoms with Crippen molar-refractivity contribution in [2.24, 2.45) is 20.5 Å².